The van der Waals surface area contributed by atoms with Crippen LogP contribution >= 0.6 is 11.8 Å². The van der Waals surface area contributed by atoms with Crippen LogP contribution in [0.3, 0.4) is 0 Å². The van der Waals surface area contributed by atoms with Crippen LogP contribution in [-0.4, -0.2) is 42.9 Å². The molecule has 1 atom stereocenters. The van der Waals surface area contributed by atoms with E-state index in [1.54, 1.807) is 11.8 Å². The average molecular weight is 337 g/mol. The maximum absolute atomic E-state index is 12.8. The van der Waals surface area contributed by atoms with E-state index < -0.39 is 0 Å². The van der Waals surface area contributed by atoms with Gasteiger partial charge in [-0.1, -0.05) is 11.8 Å². The first-order valence-corrected chi connectivity index (χ1v) is 9.71. The lowest BCUT2D eigenvalue weighted by atomic mass is 10.2. The molecule has 6 heteroatoms. The molecule has 1 amide bonds. The van der Waals surface area contributed by atoms with E-state index >= 15 is 0 Å². The number of hydrogen-bond donors (Lipinski definition) is 0. The van der Waals surface area contributed by atoms with Gasteiger partial charge < -0.3 is 9.47 Å². The SMILES string of the molecule is CC(Sc1nnc(C2CC2)n1C1CC1)C(=O)N(C(C)C)C(C)C. The predicted molar refractivity (Wildman–Crippen MR) is 92.7 cm³/mol. The van der Waals surface area contributed by atoms with Crippen molar-refractivity contribution < 1.29 is 4.79 Å². The van der Waals surface area contributed by atoms with Crippen LogP contribution in [0.15, 0.2) is 5.16 Å². The Hall–Kier alpha value is -1.04. The van der Waals surface area contributed by atoms with Crippen molar-refractivity contribution in [3.63, 3.8) is 0 Å². The largest absolute Gasteiger partial charge is 0.337 e. The third-order valence-electron chi connectivity index (χ3n) is 4.54. The van der Waals surface area contributed by atoms with E-state index in [2.05, 4.69) is 42.5 Å². The Morgan fingerprint density at radius 3 is 2.17 bits per heavy atom. The lowest BCUT2D eigenvalue weighted by molar-refractivity contribution is -0.133. The van der Waals surface area contributed by atoms with Crippen molar-refractivity contribution in [3.05, 3.63) is 5.82 Å². The number of amides is 1. The summed E-state index contributed by atoms with van der Waals surface area (Å²) in [7, 11) is 0. The standard InChI is InChI=1S/C17H28N4OS/c1-10(2)20(11(3)4)16(22)12(5)23-17-19-18-15(13-6-7-13)21(17)14-8-9-14/h10-14H,6-9H2,1-5H3. The van der Waals surface area contributed by atoms with E-state index in [1.165, 1.54) is 25.7 Å². The predicted octanol–water partition coefficient (Wildman–Crippen LogP) is 3.62. The summed E-state index contributed by atoms with van der Waals surface area (Å²) in [5, 5.41) is 9.65. The van der Waals surface area contributed by atoms with Gasteiger partial charge in [-0.3, -0.25) is 4.79 Å². The minimum absolute atomic E-state index is 0.131. The molecule has 0 saturated heterocycles. The van der Waals surface area contributed by atoms with Crippen molar-refractivity contribution in [2.45, 2.75) is 94.8 Å². The summed E-state index contributed by atoms with van der Waals surface area (Å²) in [6.45, 7) is 10.3. The van der Waals surface area contributed by atoms with E-state index in [-0.39, 0.29) is 23.2 Å². The highest BCUT2D eigenvalue weighted by atomic mass is 32.2. The molecule has 1 heterocycles. The van der Waals surface area contributed by atoms with Gasteiger partial charge in [0.2, 0.25) is 5.91 Å². The van der Waals surface area contributed by atoms with Crippen molar-refractivity contribution in [2.24, 2.45) is 0 Å². The Labute approximate surface area is 143 Å². The second-order valence-electron chi connectivity index (χ2n) is 7.41. The minimum Gasteiger partial charge on any atom is -0.337 e. The van der Waals surface area contributed by atoms with Crippen molar-refractivity contribution in [3.8, 4) is 0 Å². The Kier molecular flexibility index (Phi) is 4.72. The summed E-state index contributed by atoms with van der Waals surface area (Å²) in [6.07, 6.45) is 4.91. The normalized spacial score (nSPS) is 19.4. The first kappa shape index (κ1) is 16.8. The number of aromatic nitrogens is 3. The molecule has 2 fully saturated rings. The second-order valence-corrected chi connectivity index (χ2v) is 8.72. The molecule has 1 unspecified atom stereocenters. The van der Waals surface area contributed by atoms with Crippen molar-refractivity contribution in [2.75, 3.05) is 0 Å². The third kappa shape index (κ3) is 3.57. The molecule has 3 rings (SSSR count). The van der Waals surface area contributed by atoms with Gasteiger partial charge in [0.25, 0.3) is 0 Å². The number of nitrogens with zero attached hydrogens (tertiary/aromatic N) is 4. The van der Waals surface area contributed by atoms with Crippen LogP contribution in [0.4, 0.5) is 0 Å². The molecule has 0 bridgehead atoms. The molecule has 0 spiro atoms. The van der Waals surface area contributed by atoms with Crippen LogP contribution < -0.4 is 0 Å². The smallest absolute Gasteiger partial charge is 0.236 e. The molecule has 0 aliphatic heterocycles. The van der Waals surface area contributed by atoms with Gasteiger partial charge in [0.1, 0.15) is 5.82 Å². The number of rotatable bonds is 7. The molecular weight excluding hydrogens is 308 g/mol. The molecule has 23 heavy (non-hydrogen) atoms. The van der Waals surface area contributed by atoms with Gasteiger partial charge in [0.15, 0.2) is 5.16 Å². The molecule has 1 aromatic rings. The monoisotopic (exact) mass is 336 g/mol. The quantitative estimate of drug-likeness (QED) is 0.714. The Morgan fingerprint density at radius 1 is 1.09 bits per heavy atom. The number of hydrogen-bond acceptors (Lipinski definition) is 4. The molecule has 0 N–H and O–H groups in total. The van der Waals surface area contributed by atoms with Crippen molar-refractivity contribution in [1.82, 2.24) is 19.7 Å². The average Bonchev–Trinajstić information content (AvgIpc) is 3.37. The summed E-state index contributed by atoms with van der Waals surface area (Å²) < 4.78 is 2.32. The first-order chi connectivity index (χ1) is 10.9. The number of thioether (sulfide) groups is 1. The van der Waals surface area contributed by atoms with Gasteiger partial charge >= 0.3 is 0 Å². The van der Waals surface area contributed by atoms with Gasteiger partial charge in [-0.05, 0) is 60.3 Å². The third-order valence-corrected chi connectivity index (χ3v) is 5.59. The van der Waals surface area contributed by atoms with Crippen molar-refractivity contribution >= 4 is 17.7 Å². The van der Waals surface area contributed by atoms with Gasteiger partial charge in [0.05, 0.1) is 5.25 Å². The summed E-state index contributed by atoms with van der Waals surface area (Å²) in [6, 6.07) is 0.999. The van der Waals surface area contributed by atoms with Gasteiger partial charge in [-0.2, -0.15) is 0 Å². The summed E-state index contributed by atoms with van der Waals surface area (Å²) >= 11 is 1.57. The van der Waals surface area contributed by atoms with Gasteiger partial charge in [0, 0.05) is 24.0 Å². The maximum atomic E-state index is 12.8. The lowest BCUT2D eigenvalue weighted by Crippen LogP contribution is -2.45. The molecule has 0 radical (unpaired) electrons. The summed E-state index contributed by atoms with van der Waals surface area (Å²) in [5.41, 5.74) is 0. The Bertz CT molecular complexity index is 567. The van der Waals surface area contributed by atoms with Crippen LogP contribution in [-0.2, 0) is 4.79 Å². The first-order valence-electron chi connectivity index (χ1n) is 8.83. The van der Waals surface area contributed by atoms with E-state index in [4.69, 9.17) is 0 Å². The molecular formula is C17H28N4OS. The van der Waals surface area contributed by atoms with Crippen molar-refractivity contribution in [1.29, 1.82) is 0 Å². The summed E-state index contributed by atoms with van der Waals surface area (Å²) in [4.78, 5) is 14.8. The van der Waals surface area contributed by atoms with Crippen LogP contribution in [0.1, 0.15) is 78.1 Å². The topological polar surface area (TPSA) is 51.0 Å². The highest BCUT2D eigenvalue weighted by Gasteiger charge is 2.37. The fourth-order valence-corrected chi connectivity index (χ4v) is 4.17. The minimum atomic E-state index is -0.131. The van der Waals surface area contributed by atoms with Gasteiger partial charge in [-0.25, -0.2) is 0 Å². The molecule has 5 nitrogen and oxygen atoms in total. The van der Waals surface area contributed by atoms with Gasteiger partial charge in [-0.15, -0.1) is 10.2 Å². The van der Waals surface area contributed by atoms with Crippen LogP contribution in [0.25, 0.3) is 0 Å². The molecule has 2 aliphatic carbocycles. The molecule has 2 aliphatic rings. The highest BCUT2D eigenvalue weighted by Crippen LogP contribution is 2.46. The fraction of sp³-hybridized carbons (Fsp3) is 0.824. The Balaban J connectivity index is 1.75. The van der Waals surface area contributed by atoms with E-state index in [0.717, 1.165) is 11.0 Å². The molecule has 2 saturated carbocycles. The van der Waals surface area contributed by atoms with Crippen LogP contribution in [0.5, 0.6) is 0 Å². The van der Waals surface area contributed by atoms with Crippen LogP contribution in [0, 0.1) is 0 Å². The van der Waals surface area contributed by atoms with Crippen LogP contribution in [0.2, 0.25) is 0 Å². The Morgan fingerprint density at radius 2 is 1.70 bits per heavy atom. The zero-order valence-corrected chi connectivity index (χ0v) is 15.6. The maximum Gasteiger partial charge on any atom is 0.236 e. The van der Waals surface area contributed by atoms with E-state index in [9.17, 15) is 4.79 Å². The highest BCUT2D eigenvalue weighted by molar-refractivity contribution is 8.00. The molecule has 0 aromatic carbocycles. The number of carbonyl (C=O) groups is 1. The van der Waals surface area contributed by atoms with E-state index in [1.807, 2.05) is 11.8 Å². The summed E-state index contributed by atoms with van der Waals surface area (Å²) in [5.74, 6) is 1.95. The molecule has 128 valence electrons. The zero-order valence-electron chi connectivity index (χ0n) is 14.8. The lowest BCUT2D eigenvalue weighted by Gasteiger charge is -2.32. The van der Waals surface area contributed by atoms with E-state index in [0.29, 0.717) is 12.0 Å². The molecule has 1 aromatic heterocycles. The zero-order chi connectivity index (χ0) is 16.7. The fourth-order valence-electron chi connectivity index (χ4n) is 3.19. The second kappa shape index (κ2) is 6.46. The number of carbonyl (C=O) groups excluding carboxylic acids is 1.